The molecule has 0 aliphatic carbocycles. The predicted molar refractivity (Wildman–Crippen MR) is 114 cm³/mol. The van der Waals surface area contributed by atoms with Crippen LogP contribution in [0.1, 0.15) is 25.6 Å². The van der Waals surface area contributed by atoms with Gasteiger partial charge in [0.05, 0.1) is 26.2 Å². The zero-order valence-electron chi connectivity index (χ0n) is 16.3. The van der Waals surface area contributed by atoms with Gasteiger partial charge < -0.3 is 15.4 Å². The van der Waals surface area contributed by atoms with Crippen molar-refractivity contribution in [3.05, 3.63) is 75.4 Å². The lowest BCUT2D eigenvalue weighted by Crippen LogP contribution is -2.20. The van der Waals surface area contributed by atoms with Crippen LogP contribution < -0.4 is 15.4 Å². The lowest BCUT2D eigenvalue weighted by Gasteiger charge is -2.13. The molecule has 0 aliphatic rings. The number of para-hydroxylation sites is 2. The molecule has 1 aromatic heterocycles. The average Bonchev–Trinajstić information content (AvgIpc) is 3.06. The number of amides is 2. The summed E-state index contributed by atoms with van der Waals surface area (Å²) in [6.45, 7) is 0.137. The molecule has 0 saturated heterocycles. The summed E-state index contributed by atoms with van der Waals surface area (Å²) < 4.78 is 55.3. The Balaban J connectivity index is 1.74. The largest absolute Gasteiger partial charge is 0.482 e. The van der Waals surface area contributed by atoms with Crippen LogP contribution in [-0.4, -0.2) is 24.6 Å². The number of aryl methyl sites for hydroxylation is 1. The number of benzene rings is 2. The fourth-order valence-electron chi connectivity index (χ4n) is 2.66. The van der Waals surface area contributed by atoms with E-state index in [1.54, 1.807) is 13.0 Å². The number of halogens is 5. The normalized spacial score (nSPS) is 11.2. The van der Waals surface area contributed by atoms with E-state index in [4.69, 9.17) is 16.3 Å². The van der Waals surface area contributed by atoms with Crippen molar-refractivity contribution >= 4 is 45.4 Å². The molecule has 3 aromatic rings. The second-order valence-electron chi connectivity index (χ2n) is 6.56. The van der Waals surface area contributed by atoms with E-state index >= 15 is 0 Å². The quantitative estimate of drug-likeness (QED) is 0.402. The van der Waals surface area contributed by atoms with Crippen molar-refractivity contribution in [3.8, 4) is 5.75 Å². The van der Waals surface area contributed by atoms with E-state index in [0.717, 1.165) is 23.5 Å². The third kappa shape index (κ3) is 5.98. The van der Waals surface area contributed by atoms with Gasteiger partial charge in [-0.25, -0.2) is 4.39 Å². The minimum Gasteiger partial charge on any atom is -0.482 e. The lowest BCUT2D eigenvalue weighted by molar-refractivity contribution is -0.153. The Morgan fingerprint density at radius 1 is 1.06 bits per heavy atom. The number of hydrogen-bond donors (Lipinski definition) is 2. The van der Waals surface area contributed by atoms with Crippen molar-refractivity contribution in [2.75, 3.05) is 17.2 Å². The molecule has 5 nitrogen and oxygen atoms in total. The third-order valence-corrected chi connectivity index (χ3v) is 5.53. The zero-order valence-corrected chi connectivity index (χ0v) is 17.9. The first-order valence-electron chi connectivity index (χ1n) is 9.00. The van der Waals surface area contributed by atoms with Crippen molar-refractivity contribution < 1.29 is 31.9 Å². The molecule has 0 atom stereocenters. The van der Waals surface area contributed by atoms with E-state index in [1.165, 1.54) is 30.3 Å². The smallest absolute Gasteiger partial charge is 0.422 e. The Morgan fingerprint density at radius 3 is 2.47 bits per heavy atom. The molecule has 0 aliphatic heterocycles. The Kier molecular flexibility index (Phi) is 7.05. The first kappa shape index (κ1) is 23.6. The van der Waals surface area contributed by atoms with Crippen molar-refractivity contribution in [2.45, 2.75) is 13.1 Å². The summed E-state index contributed by atoms with van der Waals surface area (Å²) in [5.74, 6) is -1.89. The van der Waals surface area contributed by atoms with E-state index < -0.39 is 30.4 Å². The SMILES string of the molecule is Cc1cc(NC(=O)c2ccc(F)cc2Cl)sc1C(=O)Nc1ccccc1OCC(F)(F)F. The maximum absolute atomic E-state index is 13.2. The number of rotatable bonds is 6. The Morgan fingerprint density at radius 2 is 1.78 bits per heavy atom. The molecule has 0 radical (unpaired) electrons. The molecular weight excluding hydrogens is 472 g/mol. The number of thiophene rings is 1. The molecule has 32 heavy (non-hydrogen) atoms. The monoisotopic (exact) mass is 486 g/mol. The summed E-state index contributed by atoms with van der Waals surface area (Å²) in [5.41, 5.74) is 0.654. The highest BCUT2D eigenvalue weighted by molar-refractivity contribution is 7.18. The second kappa shape index (κ2) is 9.58. The minimum atomic E-state index is -4.53. The number of ether oxygens (including phenoxy) is 1. The molecule has 0 fully saturated rings. The molecule has 0 bridgehead atoms. The van der Waals surface area contributed by atoms with Crippen LogP contribution in [0.4, 0.5) is 28.3 Å². The van der Waals surface area contributed by atoms with Crippen molar-refractivity contribution in [1.82, 2.24) is 0 Å². The summed E-state index contributed by atoms with van der Waals surface area (Å²) in [4.78, 5) is 25.3. The minimum absolute atomic E-state index is 0.0564. The highest BCUT2D eigenvalue weighted by Crippen LogP contribution is 2.31. The first-order valence-corrected chi connectivity index (χ1v) is 10.2. The van der Waals surface area contributed by atoms with E-state index in [-0.39, 0.29) is 26.9 Å². The average molecular weight is 487 g/mol. The molecular formula is C21H15ClF4N2O3S. The summed E-state index contributed by atoms with van der Waals surface area (Å²) in [6, 6.07) is 10.6. The van der Waals surface area contributed by atoms with Crippen molar-refractivity contribution in [3.63, 3.8) is 0 Å². The van der Waals surface area contributed by atoms with Crippen LogP contribution in [-0.2, 0) is 0 Å². The topological polar surface area (TPSA) is 67.4 Å². The lowest BCUT2D eigenvalue weighted by atomic mass is 10.2. The van der Waals surface area contributed by atoms with Gasteiger partial charge in [-0.05, 0) is 48.9 Å². The van der Waals surface area contributed by atoms with Crippen LogP contribution in [0.25, 0.3) is 0 Å². The standard InChI is InChI=1S/C21H15ClF4N2O3S/c1-11-8-17(28-19(29)13-7-6-12(23)9-14(13)22)32-18(11)20(30)27-15-4-2-3-5-16(15)31-10-21(24,25)26/h2-9H,10H2,1H3,(H,27,30)(H,28,29). The number of anilines is 2. The van der Waals surface area contributed by atoms with Gasteiger partial charge in [0.15, 0.2) is 6.61 Å². The van der Waals surface area contributed by atoms with Crippen LogP contribution in [0.5, 0.6) is 5.75 Å². The molecule has 0 spiro atoms. The summed E-state index contributed by atoms with van der Waals surface area (Å²) in [7, 11) is 0. The van der Waals surface area contributed by atoms with Gasteiger partial charge in [-0.15, -0.1) is 11.3 Å². The molecule has 0 saturated carbocycles. The van der Waals surface area contributed by atoms with E-state index in [1.807, 2.05) is 0 Å². The molecule has 11 heteroatoms. The maximum atomic E-state index is 13.2. The van der Waals surface area contributed by atoms with Crippen LogP contribution in [0.3, 0.4) is 0 Å². The molecule has 3 rings (SSSR count). The van der Waals surface area contributed by atoms with Crippen LogP contribution in [0.15, 0.2) is 48.5 Å². The molecule has 1 heterocycles. The van der Waals surface area contributed by atoms with Gasteiger partial charge in [0.25, 0.3) is 11.8 Å². The number of carbonyl (C=O) groups excluding carboxylic acids is 2. The first-order chi connectivity index (χ1) is 15.0. The molecule has 0 unspecified atom stereocenters. The van der Waals surface area contributed by atoms with Gasteiger partial charge in [0.1, 0.15) is 11.6 Å². The number of carbonyl (C=O) groups is 2. The molecule has 168 valence electrons. The fraction of sp³-hybridized carbons (Fsp3) is 0.143. The van der Waals surface area contributed by atoms with Crippen LogP contribution >= 0.6 is 22.9 Å². The Hall–Kier alpha value is -3.11. The number of hydrogen-bond acceptors (Lipinski definition) is 4. The highest BCUT2D eigenvalue weighted by Gasteiger charge is 2.29. The maximum Gasteiger partial charge on any atom is 0.422 e. The van der Waals surface area contributed by atoms with E-state index in [2.05, 4.69) is 10.6 Å². The van der Waals surface area contributed by atoms with Crippen molar-refractivity contribution in [2.24, 2.45) is 0 Å². The van der Waals surface area contributed by atoms with Crippen LogP contribution in [0, 0.1) is 12.7 Å². The predicted octanol–water partition coefficient (Wildman–Crippen LogP) is 6.29. The van der Waals surface area contributed by atoms with Gasteiger partial charge in [-0.3, -0.25) is 9.59 Å². The number of alkyl halides is 3. The Labute approximate surface area is 189 Å². The van der Waals surface area contributed by atoms with Gasteiger partial charge in [0.2, 0.25) is 0 Å². The molecule has 2 aromatic carbocycles. The third-order valence-electron chi connectivity index (χ3n) is 4.06. The summed E-state index contributed by atoms with van der Waals surface area (Å²) in [6.07, 6.45) is -4.53. The van der Waals surface area contributed by atoms with Gasteiger partial charge >= 0.3 is 6.18 Å². The molecule has 2 amide bonds. The van der Waals surface area contributed by atoms with E-state index in [9.17, 15) is 27.2 Å². The zero-order chi connectivity index (χ0) is 23.5. The van der Waals surface area contributed by atoms with E-state index in [0.29, 0.717) is 10.6 Å². The van der Waals surface area contributed by atoms with Gasteiger partial charge in [0, 0.05) is 0 Å². The van der Waals surface area contributed by atoms with Gasteiger partial charge in [-0.2, -0.15) is 13.2 Å². The number of nitrogens with one attached hydrogen (secondary N) is 2. The second-order valence-corrected chi connectivity index (χ2v) is 8.01. The highest BCUT2D eigenvalue weighted by atomic mass is 35.5. The van der Waals surface area contributed by atoms with Crippen LogP contribution in [0.2, 0.25) is 5.02 Å². The fourth-order valence-corrected chi connectivity index (χ4v) is 3.87. The summed E-state index contributed by atoms with van der Waals surface area (Å²) >= 11 is 6.85. The Bertz CT molecular complexity index is 1160. The summed E-state index contributed by atoms with van der Waals surface area (Å²) in [5, 5.41) is 5.38. The molecule has 2 N–H and O–H groups in total. The van der Waals surface area contributed by atoms with Gasteiger partial charge in [-0.1, -0.05) is 23.7 Å². The van der Waals surface area contributed by atoms with Crippen molar-refractivity contribution in [1.29, 1.82) is 0 Å².